The Hall–Kier alpha value is -0.760. The minimum absolute atomic E-state index is 0.415. The van der Waals surface area contributed by atoms with Crippen LogP contribution in [-0.2, 0) is 0 Å². The molecular weight excluding hydrogens is 174 g/mol. The largest absolute Gasteiger partial charge is 0.472 e. The van der Waals surface area contributed by atoms with Gasteiger partial charge in [-0.05, 0) is 37.7 Å². The first-order chi connectivity index (χ1) is 6.76. The topological polar surface area (TPSA) is 25.2 Å². The quantitative estimate of drug-likeness (QED) is 0.777. The Morgan fingerprint density at radius 2 is 2.36 bits per heavy atom. The number of hydrogen-bond donors (Lipinski definition) is 1. The van der Waals surface area contributed by atoms with Crippen LogP contribution >= 0.6 is 0 Å². The predicted molar refractivity (Wildman–Crippen MR) is 57.1 cm³/mol. The zero-order valence-corrected chi connectivity index (χ0v) is 9.05. The molecule has 1 heterocycles. The van der Waals surface area contributed by atoms with Crippen molar-refractivity contribution in [3.05, 3.63) is 24.2 Å². The Bertz CT molecular complexity index is 275. The zero-order valence-electron chi connectivity index (χ0n) is 9.05. The molecule has 1 saturated carbocycles. The second-order valence-corrected chi connectivity index (χ2v) is 4.51. The highest BCUT2D eigenvalue weighted by atomic mass is 16.3. The Balaban J connectivity index is 1.81. The molecule has 0 aromatic carbocycles. The summed E-state index contributed by atoms with van der Waals surface area (Å²) in [5, 5.41) is 3.58. The summed E-state index contributed by atoms with van der Waals surface area (Å²) in [6.07, 6.45) is 7.66. The van der Waals surface area contributed by atoms with Crippen LogP contribution < -0.4 is 5.32 Å². The molecule has 14 heavy (non-hydrogen) atoms. The number of rotatable bonds is 5. The van der Waals surface area contributed by atoms with Crippen LogP contribution in [0.2, 0.25) is 0 Å². The molecule has 1 aliphatic rings. The standard InChI is InChI=1S/C12H19NO/c1-3-12(5-6-12)9-13-10(2)11-4-7-14-8-11/h4,7-8,10,13H,3,5-6,9H2,1-2H3. The molecule has 0 bridgehead atoms. The molecule has 0 amide bonds. The number of nitrogens with one attached hydrogen (secondary N) is 1. The molecule has 0 spiro atoms. The first-order valence-corrected chi connectivity index (χ1v) is 5.51. The summed E-state index contributed by atoms with van der Waals surface area (Å²) in [7, 11) is 0. The van der Waals surface area contributed by atoms with E-state index in [1.165, 1.54) is 24.8 Å². The molecule has 2 heteroatoms. The van der Waals surface area contributed by atoms with E-state index in [1.54, 1.807) is 6.26 Å². The van der Waals surface area contributed by atoms with Crippen molar-refractivity contribution < 1.29 is 4.42 Å². The van der Waals surface area contributed by atoms with Crippen LogP contribution in [0, 0.1) is 5.41 Å². The second kappa shape index (κ2) is 3.77. The van der Waals surface area contributed by atoms with Crippen molar-refractivity contribution in [3.8, 4) is 0 Å². The lowest BCUT2D eigenvalue weighted by molar-refractivity contribution is 0.413. The molecule has 0 saturated heterocycles. The summed E-state index contributed by atoms with van der Waals surface area (Å²) in [5.41, 5.74) is 1.87. The SMILES string of the molecule is CCC1(CNC(C)c2ccoc2)CC1. The zero-order chi connectivity index (χ0) is 10.0. The summed E-state index contributed by atoms with van der Waals surface area (Å²) in [6.45, 7) is 5.63. The van der Waals surface area contributed by atoms with Gasteiger partial charge < -0.3 is 9.73 Å². The summed E-state index contributed by atoms with van der Waals surface area (Å²) >= 11 is 0. The van der Waals surface area contributed by atoms with Gasteiger partial charge in [-0.25, -0.2) is 0 Å². The Morgan fingerprint density at radius 1 is 1.57 bits per heavy atom. The van der Waals surface area contributed by atoms with Gasteiger partial charge in [0.05, 0.1) is 12.5 Å². The Labute approximate surface area is 85.7 Å². The molecule has 0 radical (unpaired) electrons. The molecular formula is C12H19NO. The fraction of sp³-hybridized carbons (Fsp3) is 0.667. The second-order valence-electron chi connectivity index (χ2n) is 4.51. The van der Waals surface area contributed by atoms with E-state index in [4.69, 9.17) is 4.42 Å². The van der Waals surface area contributed by atoms with Gasteiger partial charge in [0, 0.05) is 18.2 Å². The molecule has 1 unspecified atom stereocenters. The van der Waals surface area contributed by atoms with E-state index in [1.807, 2.05) is 12.3 Å². The van der Waals surface area contributed by atoms with Crippen molar-refractivity contribution in [2.24, 2.45) is 5.41 Å². The minimum Gasteiger partial charge on any atom is -0.472 e. The fourth-order valence-electron chi connectivity index (χ4n) is 1.84. The van der Waals surface area contributed by atoms with Crippen LogP contribution in [0.4, 0.5) is 0 Å². The maximum Gasteiger partial charge on any atom is 0.0950 e. The van der Waals surface area contributed by atoms with Gasteiger partial charge >= 0.3 is 0 Å². The highest BCUT2D eigenvalue weighted by molar-refractivity contribution is 5.10. The fourth-order valence-corrected chi connectivity index (χ4v) is 1.84. The van der Waals surface area contributed by atoms with Crippen LogP contribution in [-0.4, -0.2) is 6.54 Å². The van der Waals surface area contributed by atoms with Crippen LogP contribution in [0.25, 0.3) is 0 Å². The van der Waals surface area contributed by atoms with Crippen molar-refractivity contribution in [1.82, 2.24) is 5.32 Å². The van der Waals surface area contributed by atoms with Crippen LogP contribution in [0.5, 0.6) is 0 Å². The average molecular weight is 193 g/mol. The van der Waals surface area contributed by atoms with Gasteiger partial charge in [0.15, 0.2) is 0 Å². The highest BCUT2D eigenvalue weighted by Gasteiger charge is 2.40. The van der Waals surface area contributed by atoms with Gasteiger partial charge in [0.25, 0.3) is 0 Å². The number of furan rings is 1. The molecule has 1 aliphatic carbocycles. The molecule has 1 atom stereocenters. The molecule has 2 rings (SSSR count). The molecule has 0 aliphatic heterocycles. The van der Waals surface area contributed by atoms with Crippen LogP contribution in [0.15, 0.2) is 23.0 Å². The molecule has 78 valence electrons. The monoisotopic (exact) mass is 193 g/mol. The smallest absolute Gasteiger partial charge is 0.0950 e. The van der Waals surface area contributed by atoms with Gasteiger partial charge in [-0.1, -0.05) is 6.92 Å². The predicted octanol–water partition coefficient (Wildman–Crippen LogP) is 3.12. The van der Waals surface area contributed by atoms with Crippen LogP contribution in [0.3, 0.4) is 0 Å². The molecule has 1 N–H and O–H groups in total. The first kappa shape index (κ1) is 9.78. The van der Waals surface area contributed by atoms with E-state index in [0.717, 1.165) is 6.54 Å². The lowest BCUT2D eigenvalue weighted by Crippen LogP contribution is -2.26. The third-order valence-electron chi connectivity index (χ3n) is 3.53. The van der Waals surface area contributed by atoms with E-state index in [9.17, 15) is 0 Å². The summed E-state index contributed by atoms with van der Waals surface area (Å²) < 4.78 is 5.07. The average Bonchev–Trinajstić information content (AvgIpc) is 2.78. The summed E-state index contributed by atoms with van der Waals surface area (Å²) in [6, 6.07) is 2.45. The van der Waals surface area contributed by atoms with E-state index in [0.29, 0.717) is 11.5 Å². The van der Waals surface area contributed by atoms with Crippen molar-refractivity contribution in [2.75, 3.05) is 6.54 Å². The van der Waals surface area contributed by atoms with Crippen molar-refractivity contribution in [3.63, 3.8) is 0 Å². The Morgan fingerprint density at radius 3 is 2.86 bits per heavy atom. The van der Waals surface area contributed by atoms with E-state index < -0.39 is 0 Å². The Kier molecular flexibility index (Phi) is 2.64. The highest BCUT2D eigenvalue weighted by Crippen LogP contribution is 2.48. The van der Waals surface area contributed by atoms with E-state index in [-0.39, 0.29) is 0 Å². The maximum absolute atomic E-state index is 5.07. The van der Waals surface area contributed by atoms with Crippen molar-refractivity contribution in [1.29, 1.82) is 0 Å². The summed E-state index contributed by atoms with van der Waals surface area (Å²) in [5.74, 6) is 0. The van der Waals surface area contributed by atoms with Crippen molar-refractivity contribution in [2.45, 2.75) is 39.2 Å². The molecule has 1 aromatic heterocycles. The third kappa shape index (κ3) is 2.01. The van der Waals surface area contributed by atoms with E-state index in [2.05, 4.69) is 19.2 Å². The van der Waals surface area contributed by atoms with Gasteiger partial charge in [-0.15, -0.1) is 0 Å². The minimum atomic E-state index is 0.415. The van der Waals surface area contributed by atoms with Gasteiger partial charge in [-0.2, -0.15) is 0 Å². The maximum atomic E-state index is 5.07. The lowest BCUT2D eigenvalue weighted by Gasteiger charge is -2.17. The van der Waals surface area contributed by atoms with Crippen molar-refractivity contribution >= 4 is 0 Å². The van der Waals surface area contributed by atoms with Gasteiger partial charge in [0.2, 0.25) is 0 Å². The molecule has 1 fully saturated rings. The van der Waals surface area contributed by atoms with Crippen LogP contribution in [0.1, 0.15) is 44.7 Å². The third-order valence-corrected chi connectivity index (χ3v) is 3.53. The lowest BCUT2D eigenvalue weighted by atomic mass is 10.0. The molecule has 2 nitrogen and oxygen atoms in total. The van der Waals surface area contributed by atoms with Gasteiger partial charge in [-0.3, -0.25) is 0 Å². The van der Waals surface area contributed by atoms with Gasteiger partial charge in [0.1, 0.15) is 0 Å². The first-order valence-electron chi connectivity index (χ1n) is 5.51. The van der Waals surface area contributed by atoms with E-state index >= 15 is 0 Å². The normalized spacial score (nSPS) is 20.7. The summed E-state index contributed by atoms with van der Waals surface area (Å²) in [4.78, 5) is 0. The number of hydrogen-bond acceptors (Lipinski definition) is 2. The molecule has 1 aromatic rings.